The smallest absolute Gasteiger partial charge is 0.178 e. The second-order valence-electron chi connectivity index (χ2n) is 9.97. The summed E-state index contributed by atoms with van der Waals surface area (Å²) in [4.78, 5) is 0. The molecule has 194 valence electrons. The molecule has 2 heteroatoms. The minimum absolute atomic E-state index is 0.223. The molecule has 0 aromatic carbocycles. The summed E-state index contributed by atoms with van der Waals surface area (Å²) in [6.45, 7) is 15.5. The summed E-state index contributed by atoms with van der Waals surface area (Å²) in [7, 11) is 3.36. The van der Waals surface area contributed by atoms with Crippen LogP contribution in [0.3, 0.4) is 0 Å². The maximum atomic E-state index is 5.29. The zero-order valence-electron chi connectivity index (χ0n) is 23.9. The van der Waals surface area contributed by atoms with Crippen LogP contribution in [0.2, 0.25) is 0 Å². The molecule has 0 aromatic heterocycles. The molecular weight excluding hydrogens is 416 g/mol. The van der Waals surface area contributed by atoms with Gasteiger partial charge in [0.25, 0.3) is 0 Å². The van der Waals surface area contributed by atoms with E-state index in [-0.39, 0.29) is 6.29 Å². The van der Waals surface area contributed by atoms with Gasteiger partial charge in [0.2, 0.25) is 0 Å². The molecule has 0 atom stereocenters. The van der Waals surface area contributed by atoms with Gasteiger partial charge in [-0.3, -0.25) is 0 Å². The van der Waals surface area contributed by atoms with Gasteiger partial charge in [-0.15, -0.1) is 0 Å². The number of hydrogen-bond donors (Lipinski definition) is 0. The molecule has 0 spiro atoms. The standard InChI is InChI=1S/C32H54O2/c1-26(2)16-12-19-29(5)22-13-20-27(3)17-10-11-18-28(4)21-14-23-30(6)24-15-25-31(7)32(33-8)34-9/h16-18,22-23,25,32H,10-15,19-21,24H2,1-9H3/b27-17+,28-18+,29-22+,30-23+,31-25?. The van der Waals surface area contributed by atoms with E-state index in [0.29, 0.717) is 0 Å². The van der Waals surface area contributed by atoms with Crippen LogP contribution >= 0.6 is 0 Å². The summed E-state index contributed by atoms with van der Waals surface area (Å²) in [5.74, 6) is 0. The first-order valence-corrected chi connectivity index (χ1v) is 13.2. The molecule has 2 nitrogen and oxygen atoms in total. The van der Waals surface area contributed by atoms with Crippen LogP contribution in [0.5, 0.6) is 0 Å². The van der Waals surface area contributed by atoms with E-state index in [4.69, 9.17) is 9.47 Å². The lowest BCUT2D eigenvalue weighted by Crippen LogP contribution is -2.14. The normalized spacial score (nSPS) is 14.2. The van der Waals surface area contributed by atoms with E-state index in [0.717, 1.165) is 50.5 Å². The zero-order valence-corrected chi connectivity index (χ0v) is 23.9. The Morgan fingerprint density at radius 1 is 0.471 bits per heavy atom. The summed E-state index contributed by atoms with van der Waals surface area (Å²) in [5, 5.41) is 0. The van der Waals surface area contributed by atoms with Gasteiger partial charge in [-0.1, -0.05) is 64.3 Å². The third-order valence-electron chi connectivity index (χ3n) is 6.11. The molecule has 0 aliphatic carbocycles. The molecule has 0 heterocycles. The SMILES string of the molecule is COC(OC)C(C)=CCC/C(C)=C/CC/C(C)=C/CC/C=C(\C)CC/C=C(\C)CCC=C(C)C. The first-order chi connectivity index (χ1) is 16.2. The van der Waals surface area contributed by atoms with Crippen LogP contribution in [-0.4, -0.2) is 20.5 Å². The molecule has 0 radical (unpaired) electrons. The van der Waals surface area contributed by atoms with E-state index < -0.39 is 0 Å². The first-order valence-electron chi connectivity index (χ1n) is 13.2. The highest BCUT2D eigenvalue weighted by Gasteiger charge is 2.06. The fraction of sp³-hybridized carbons (Fsp3) is 0.625. The quantitative estimate of drug-likeness (QED) is 0.113. The molecule has 0 aromatic rings. The van der Waals surface area contributed by atoms with Crippen molar-refractivity contribution in [1.82, 2.24) is 0 Å². The summed E-state index contributed by atoms with van der Waals surface area (Å²) in [5.41, 5.74) is 8.56. The predicted molar refractivity (Wildman–Crippen MR) is 152 cm³/mol. The minimum Gasteiger partial charge on any atom is -0.352 e. The second-order valence-corrected chi connectivity index (χ2v) is 9.97. The molecule has 0 aliphatic heterocycles. The lowest BCUT2D eigenvalue weighted by atomic mass is 10.0. The van der Waals surface area contributed by atoms with Gasteiger partial charge in [0.15, 0.2) is 6.29 Å². The van der Waals surface area contributed by atoms with E-state index in [1.165, 1.54) is 47.1 Å². The molecule has 0 amide bonds. The van der Waals surface area contributed by atoms with Crippen LogP contribution in [0, 0.1) is 0 Å². The highest BCUT2D eigenvalue weighted by atomic mass is 16.7. The Hall–Kier alpha value is -1.64. The Morgan fingerprint density at radius 3 is 1.15 bits per heavy atom. The van der Waals surface area contributed by atoms with Gasteiger partial charge >= 0.3 is 0 Å². The number of allylic oxidation sites excluding steroid dienone is 11. The number of rotatable bonds is 18. The fourth-order valence-corrected chi connectivity index (χ4v) is 3.84. The summed E-state index contributed by atoms with van der Waals surface area (Å²) >= 11 is 0. The molecule has 0 fully saturated rings. The van der Waals surface area contributed by atoms with E-state index in [1.807, 2.05) is 0 Å². The molecule has 0 saturated heterocycles. The predicted octanol–water partition coefficient (Wildman–Crippen LogP) is 10.2. The highest BCUT2D eigenvalue weighted by molar-refractivity contribution is 5.08. The van der Waals surface area contributed by atoms with Crippen LogP contribution < -0.4 is 0 Å². The van der Waals surface area contributed by atoms with Crippen molar-refractivity contribution < 1.29 is 9.47 Å². The van der Waals surface area contributed by atoms with Crippen molar-refractivity contribution in [3.8, 4) is 0 Å². The Balaban J connectivity index is 4.16. The largest absolute Gasteiger partial charge is 0.352 e. The van der Waals surface area contributed by atoms with Gasteiger partial charge < -0.3 is 9.47 Å². The van der Waals surface area contributed by atoms with Gasteiger partial charge in [0.05, 0.1) is 0 Å². The lowest BCUT2D eigenvalue weighted by Gasteiger charge is -2.13. The van der Waals surface area contributed by atoms with Gasteiger partial charge in [0, 0.05) is 14.2 Å². The van der Waals surface area contributed by atoms with Gasteiger partial charge in [0.1, 0.15) is 0 Å². The Kier molecular flexibility index (Phi) is 19.7. The maximum Gasteiger partial charge on any atom is 0.178 e. The number of hydrogen-bond acceptors (Lipinski definition) is 2. The van der Waals surface area contributed by atoms with Crippen LogP contribution in [0.25, 0.3) is 0 Å². The molecule has 34 heavy (non-hydrogen) atoms. The molecule has 0 bridgehead atoms. The van der Waals surface area contributed by atoms with Gasteiger partial charge in [-0.2, -0.15) is 0 Å². The van der Waals surface area contributed by atoms with E-state index in [1.54, 1.807) is 14.2 Å². The summed E-state index contributed by atoms with van der Waals surface area (Å²) in [6, 6.07) is 0. The van der Waals surface area contributed by atoms with E-state index in [9.17, 15) is 0 Å². The highest BCUT2D eigenvalue weighted by Crippen LogP contribution is 2.15. The van der Waals surface area contributed by atoms with Crippen molar-refractivity contribution in [2.75, 3.05) is 14.2 Å². The second kappa shape index (κ2) is 20.7. The molecule has 0 aliphatic rings. The number of ether oxygens (including phenoxy) is 2. The van der Waals surface area contributed by atoms with Crippen LogP contribution in [0.15, 0.2) is 69.9 Å². The maximum absolute atomic E-state index is 5.29. The van der Waals surface area contributed by atoms with Crippen molar-refractivity contribution in [2.24, 2.45) is 0 Å². The van der Waals surface area contributed by atoms with Crippen molar-refractivity contribution in [3.63, 3.8) is 0 Å². The third kappa shape index (κ3) is 18.7. The molecule has 0 unspecified atom stereocenters. The van der Waals surface area contributed by atoms with Crippen molar-refractivity contribution in [1.29, 1.82) is 0 Å². The Labute approximate surface area is 212 Å². The topological polar surface area (TPSA) is 18.5 Å². The van der Waals surface area contributed by atoms with Crippen LogP contribution in [0.4, 0.5) is 0 Å². The van der Waals surface area contributed by atoms with E-state index >= 15 is 0 Å². The lowest BCUT2D eigenvalue weighted by molar-refractivity contribution is -0.0748. The average molecular weight is 471 g/mol. The van der Waals surface area contributed by atoms with Crippen molar-refractivity contribution in [3.05, 3.63) is 69.9 Å². The average Bonchev–Trinajstić information content (AvgIpc) is 2.77. The molecule has 0 rings (SSSR count). The Morgan fingerprint density at radius 2 is 0.794 bits per heavy atom. The summed E-state index contributed by atoms with van der Waals surface area (Å²) < 4.78 is 10.6. The molecule has 0 N–H and O–H groups in total. The summed E-state index contributed by atoms with van der Waals surface area (Å²) in [6.07, 6.45) is 25.4. The minimum atomic E-state index is -0.223. The Bertz CT molecular complexity index is 720. The molecular formula is C32H54O2. The zero-order chi connectivity index (χ0) is 25.8. The monoisotopic (exact) mass is 470 g/mol. The first kappa shape index (κ1) is 32.4. The number of unbranched alkanes of at least 4 members (excludes halogenated alkanes) is 1. The van der Waals surface area contributed by atoms with Gasteiger partial charge in [-0.05, 0) is 118 Å². The number of methoxy groups -OCH3 is 2. The van der Waals surface area contributed by atoms with Crippen molar-refractivity contribution in [2.45, 2.75) is 119 Å². The fourth-order valence-electron chi connectivity index (χ4n) is 3.84. The van der Waals surface area contributed by atoms with Crippen LogP contribution in [-0.2, 0) is 9.47 Å². The van der Waals surface area contributed by atoms with Crippen molar-refractivity contribution >= 4 is 0 Å². The molecule has 0 saturated carbocycles. The third-order valence-corrected chi connectivity index (χ3v) is 6.11. The van der Waals surface area contributed by atoms with Gasteiger partial charge in [-0.25, -0.2) is 0 Å². The van der Waals surface area contributed by atoms with Crippen LogP contribution in [0.1, 0.15) is 113 Å². The van der Waals surface area contributed by atoms with E-state index in [2.05, 4.69) is 84.9 Å².